The molecule has 2 heterocycles. The van der Waals surface area contributed by atoms with Gasteiger partial charge in [0.05, 0.1) is 17.9 Å². The number of nitrogens with one attached hydrogen (secondary N) is 1. The van der Waals surface area contributed by atoms with Crippen LogP contribution in [0, 0.1) is 20.8 Å². The Labute approximate surface area is 138 Å². The minimum atomic E-state index is -0.189. The molecule has 1 amide bonds. The van der Waals surface area contributed by atoms with Crippen LogP contribution in [0.3, 0.4) is 0 Å². The van der Waals surface area contributed by atoms with Crippen molar-refractivity contribution in [2.75, 3.05) is 0 Å². The molecule has 118 valence electrons. The van der Waals surface area contributed by atoms with Gasteiger partial charge >= 0.3 is 0 Å². The van der Waals surface area contributed by atoms with E-state index < -0.39 is 0 Å². The highest BCUT2D eigenvalue weighted by molar-refractivity contribution is 7.13. The smallest absolute Gasteiger partial charge is 0.257 e. The van der Waals surface area contributed by atoms with Crippen LogP contribution in [-0.2, 0) is 6.54 Å². The zero-order valence-corrected chi connectivity index (χ0v) is 14.0. The fourth-order valence-electron chi connectivity index (χ4n) is 2.28. The van der Waals surface area contributed by atoms with Crippen molar-refractivity contribution < 1.29 is 9.32 Å². The molecule has 6 heteroatoms. The highest BCUT2D eigenvalue weighted by Crippen LogP contribution is 2.24. The SMILES string of the molecule is Cc1ccc(-c2nc(CNC(=O)c3c(C)noc3C)cs2)cc1. The van der Waals surface area contributed by atoms with E-state index in [1.165, 1.54) is 5.56 Å². The molecule has 3 aromatic rings. The Hall–Kier alpha value is -2.47. The number of aryl methyl sites for hydroxylation is 3. The molecule has 0 spiro atoms. The standard InChI is InChI=1S/C17H17N3O2S/c1-10-4-6-13(7-5-10)17-19-14(9-23-17)8-18-16(21)15-11(2)20-22-12(15)3/h4-7,9H,8H2,1-3H3,(H,18,21). The first-order chi connectivity index (χ1) is 11.0. The molecule has 0 radical (unpaired) electrons. The lowest BCUT2D eigenvalue weighted by Gasteiger charge is -2.02. The Morgan fingerprint density at radius 3 is 2.61 bits per heavy atom. The van der Waals surface area contributed by atoms with Crippen LogP contribution in [0.15, 0.2) is 34.2 Å². The van der Waals surface area contributed by atoms with Gasteiger partial charge < -0.3 is 9.84 Å². The number of aromatic nitrogens is 2. The van der Waals surface area contributed by atoms with Crippen LogP contribution in [0.4, 0.5) is 0 Å². The Kier molecular flexibility index (Phi) is 4.25. The van der Waals surface area contributed by atoms with Gasteiger partial charge in [-0.25, -0.2) is 4.98 Å². The van der Waals surface area contributed by atoms with Crippen LogP contribution < -0.4 is 5.32 Å². The first kappa shape index (κ1) is 15.4. The van der Waals surface area contributed by atoms with Gasteiger partial charge in [0.1, 0.15) is 16.3 Å². The van der Waals surface area contributed by atoms with Gasteiger partial charge in [-0.2, -0.15) is 0 Å². The number of carbonyl (C=O) groups is 1. The minimum absolute atomic E-state index is 0.189. The third-order valence-corrected chi connectivity index (χ3v) is 4.48. The van der Waals surface area contributed by atoms with Crippen LogP contribution in [0.5, 0.6) is 0 Å². The largest absolute Gasteiger partial charge is 0.361 e. The monoisotopic (exact) mass is 327 g/mol. The molecule has 1 N–H and O–H groups in total. The fourth-order valence-corrected chi connectivity index (χ4v) is 3.11. The highest BCUT2D eigenvalue weighted by atomic mass is 32.1. The van der Waals surface area contributed by atoms with Gasteiger partial charge in [-0.3, -0.25) is 4.79 Å². The third kappa shape index (κ3) is 3.32. The molecule has 1 aromatic carbocycles. The van der Waals surface area contributed by atoms with Crippen molar-refractivity contribution in [2.24, 2.45) is 0 Å². The van der Waals surface area contributed by atoms with E-state index in [0.717, 1.165) is 16.3 Å². The molecule has 2 aromatic heterocycles. The maximum Gasteiger partial charge on any atom is 0.257 e. The quantitative estimate of drug-likeness (QED) is 0.794. The summed E-state index contributed by atoms with van der Waals surface area (Å²) in [6.45, 7) is 5.92. The summed E-state index contributed by atoms with van der Waals surface area (Å²) in [4.78, 5) is 16.8. The van der Waals surface area contributed by atoms with Crippen LogP contribution in [0.25, 0.3) is 10.6 Å². The van der Waals surface area contributed by atoms with E-state index in [9.17, 15) is 4.79 Å². The van der Waals surface area contributed by atoms with Gasteiger partial charge in [-0.15, -0.1) is 11.3 Å². The normalized spacial score (nSPS) is 10.7. The van der Waals surface area contributed by atoms with E-state index in [1.54, 1.807) is 25.2 Å². The number of benzene rings is 1. The minimum Gasteiger partial charge on any atom is -0.361 e. The van der Waals surface area contributed by atoms with Gasteiger partial charge in [0.25, 0.3) is 5.91 Å². The van der Waals surface area contributed by atoms with Gasteiger partial charge in [0, 0.05) is 10.9 Å². The topological polar surface area (TPSA) is 68.0 Å². The van der Waals surface area contributed by atoms with Crippen LogP contribution >= 0.6 is 11.3 Å². The average Bonchev–Trinajstić information content (AvgIpc) is 3.13. The Bertz CT molecular complexity index is 814. The molecule has 0 bridgehead atoms. The second kappa shape index (κ2) is 6.34. The molecule has 0 fully saturated rings. The summed E-state index contributed by atoms with van der Waals surface area (Å²) in [5.41, 5.74) is 4.24. The molecule has 0 aliphatic carbocycles. The summed E-state index contributed by atoms with van der Waals surface area (Å²) in [6, 6.07) is 8.24. The predicted octanol–water partition coefficient (Wildman–Crippen LogP) is 3.65. The molecule has 5 nitrogen and oxygen atoms in total. The van der Waals surface area contributed by atoms with E-state index in [-0.39, 0.29) is 5.91 Å². The molecule has 0 unspecified atom stereocenters. The number of hydrogen-bond acceptors (Lipinski definition) is 5. The van der Waals surface area contributed by atoms with Crippen molar-refractivity contribution in [3.05, 3.63) is 57.9 Å². The summed E-state index contributed by atoms with van der Waals surface area (Å²) in [5, 5.41) is 9.57. The van der Waals surface area contributed by atoms with Crippen molar-refractivity contribution in [1.29, 1.82) is 0 Å². The predicted molar refractivity (Wildman–Crippen MR) is 89.4 cm³/mol. The molecule has 0 aliphatic heterocycles. The molecule has 3 rings (SSSR count). The fraction of sp³-hybridized carbons (Fsp3) is 0.235. The van der Waals surface area contributed by atoms with Crippen molar-refractivity contribution in [3.8, 4) is 10.6 Å². The number of thiazole rings is 1. The molecule has 0 saturated carbocycles. The zero-order chi connectivity index (χ0) is 16.4. The van der Waals surface area contributed by atoms with E-state index in [2.05, 4.69) is 46.6 Å². The lowest BCUT2D eigenvalue weighted by molar-refractivity contribution is 0.0948. The van der Waals surface area contributed by atoms with Crippen LogP contribution in [-0.4, -0.2) is 16.0 Å². The van der Waals surface area contributed by atoms with Gasteiger partial charge in [0.2, 0.25) is 0 Å². The summed E-state index contributed by atoms with van der Waals surface area (Å²) >= 11 is 1.57. The van der Waals surface area contributed by atoms with E-state index in [1.807, 2.05) is 5.38 Å². The molecular weight excluding hydrogens is 310 g/mol. The Morgan fingerprint density at radius 1 is 1.22 bits per heavy atom. The second-order valence-electron chi connectivity index (χ2n) is 5.39. The highest BCUT2D eigenvalue weighted by Gasteiger charge is 2.17. The van der Waals surface area contributed by atoms with E-state index >= 15 is 0 Å². The van der Waals surface area contributed by atoms with E-state index in [0.29, 0.717) is 23.6 Å². The Balaban J connectivity index is 1.68. The first-order valence-corrected chi connectivity index (χ1v) is 8.15. The van der Waals surface area contributed by atoms with Crippen molar-refractivity contribution in [1.82, 2.24) is 15.5 Å². The lowest BCUT2D eigenvalue weighted by Crippen LogP contribution is -2.23. The molecule has 0 atom stereocenters. The number of nitrogens with zero attached hydrogens (tertiary/aromatic N) is 2. The third-order valence-electron chi connectivity index (χ3n) is 3.54. The Morgan fingerprint density at radius 2 is 1.96 bits per heavy atom. The summed E-state index contributed by atoms with van der Waals surface area (Å²) in [5.74, 6) is 0.338. The van der Waals surface area contributed by atoms with Crippen molar-refractivity contribution in [3.63, 3.8) is 0 Å². The molecular formula is C17H17N3O2S. The first-order valence-electron chi connectivity index (χ1n) is 7.27. The molecule has 0 saturated heterocycles. The average molecular weight is 327 g/mol. The number of amides is 1. The lowest BCUT2D eigenvalue weighted by atomic mass is 10.2. The van der Waals surface area contributed by atoms with Crippen LogP contribution in [0.2, 0.25) is 0 Å². The number of rotatable bonds is 4. The van der Waals surface area contributed by atoms with Crippen LogP contribution in [0.1, 0.15) is 33.1 Å². The summed E-state index contributed by atoms with van der Waals surface area (Å²) in [7, 11) is 0. The van der Waals surface area contributed by atoms with Gasteiger partial charge in [0.15, 0.2) is 0 Å². The maximum atomic E-state index is 12.2. The molecule has 0 aliphatic rings. The number of carbonyl (C=O) groups excluding carboxylic acids is 1. The van der Waals surface area contributed by atoms with E-state index in [4.69, 9.17) is 4.52 Å². The zero-order valence-electron chi connectivity index (χ0n) is 13.2. The number of hydrogen-bond donors (Lipinski definition) is 1. The second-order valence-corrected chi connectivity index (χ2v) is 6.25. The van der Waals surface area contributed by atoms with Gasteiger partial charge in [-0.1, -0.05) is 35.0 Å². The van der Waals surface area contributed by atoms with Crippen molar-refractivity contribution >= 4 is 17.2 Å². The molecule has 23 heavy (non-hydrogen) atoms. The maximum absolute atomic E-state index is 12.2. The summed E-state index contributed by atoms with van der Waals surface area (Å²) in [6.07, 6.45) is 0. The summed E-state index contributed by atoms with van der Waals surface area (Å²) < 4.78 is 5.02. The van der Waals surface area contributed by atoms with Gasteiger partial charge in [-0.05, 0) is 20.8 Å². The van der Waals surface area contributed by atoms with Crippen molar-refractivity contribution in [2.45, 2.75) is 27.3 Å².